The smallest absolute Gasteiger partial charge is 0.257 e. The predicted molar refractivity (Wildman–Crippen MR) is 62.1 cm³/mol. The highest BCUT2D eigenvalue weighted by molar-refractivity contribution is 6.03. The van der Waals surface area contributed by atoms with Crippen molar-refractivity contribution in [1.29, 1.82) is 0 Å². The number of hydrogen-bond donors (Lipinski definition) is 1. The highest BCUT2D eigenvalue weighted by atomic mass is 19.1. The summed E-state index contributed by atoms with van der Waals surface area (Å²) < 4.78 is 12.8. The molecule has 0 radical (unpaired) electrons. The summed E-state index contributed by atoms with van der Waals surface area (Å²) in [5.41, 5.74) is 0.738. The number of benzene rings is 1. The minimum absolute atomic E-state index is 0.139. The van der Waals surface area contributed by atoms with Crippen LogP contribution in [-0.4, -0.2) is 27.9 Å². The Morgan fingerprint density at radius 3 is 2.56 bits per heavy atom. The average Bonchev–Trinajstić information content (AvgIpc) is 2.57. The molecule has 1 aromatic carbocycles. The molecule has 1 N–H and O–H groups in total. The molecule has 0 aromatic heterocycles. The first-order chi connectivity index (χ1) is 8.49. The Bertz CT molecular complexity index is 522. The monoisotopic (exact) mass is 249 g/mol. The van der Waals surface area contributed by atoms with Crippen molar-refractivity contribution in [2.45, 2.75) is 19.4 Å². The number of carbonyl (C=O) groups is 2. The van der Waals surface area contributed by atoms with E-state index < -0.39 is 17.9 Å². The highest BCUT2D eigenvalue weighted by Gasteiger charge is 2.35. The van der Waals surface area contributed by atoms with Gasteiger partial charge in [-0.1, -0.05) is 12.1 Å². The van der Waals surface area contributed by atoms with Crippen molar-refractivity contribution >= 4 is 11.8 Å². The quantitative estimate of drug-likeness (QED) is 0.865. The van der Waals surface area contributed by atoms with Crippen molar-refractivity contribution in [1.82, 2.24) is 4.90 Å². The number of aliphatic hydroxyl groups excluding tert-OH is 1. The number of hydrogen-bond acceptors (Lipinski definition) is 3. The van der Waals surface area contributed by atoms with Gasteiger partial charge in [-0.25, -0.2) is 4.39 Å². The van der Waals surface area contributed by atoms with Crippen molar-refractivity contribution in [3.63, 3.8) is 0 Å². The molecule has 1 atom stereocenters. The Balaban J connectivity index is 2.21. The molecule has 0 spiro atoms. The molecule has 1 heterocycles. The molecule has 0 aliphatic carbocycles. The molecule has 0 saturated carbocycles. The van der Waals surface area contributed by atoms with Crippen LogP contribution in [0.4, 0.5) is 4.39 Å². The van der Waals surface area contributed by atoms with Gasteiger partial charge in [0, 0.05) is 19.4 Å². The van der Waals surface area contributed by atoms with Crippen LogP contribution in [0.1, 0.15) is 12.5 Å². The molecule has 18 heavy (non-hydrogen) atoms. The number of rotatable bonds is 2. The van der Waals surface area contributed by atoms with Crippen LogP contribution in [0.3, 0.4) is 0 Å². The normalized spacial score (nSPS) is 19.0. The van der Waals surface area contributed by atoms with E-state index in [-0.39, 0.29) is 18.0 Å². The van der Waals surface area contributed by atoms with Gasteiger partial charge in [-0.2, -0.15) is 0 Å². The van der Waals surface area contributed by atoms with E-state index in [0.717, 1.165) is 16.5 Å². The van der Waals surface area contributed by atoms with Gasteiger partial charge >= 0.3 is 0 Å². The SMILES string of the molecule is CC(=O)N1C(=O)C=C(O)C1Cc1ccc(F)cc1. The first-order valence-corrected chi connectivity index (χ1v) is 5.48. The zero-order chi connectivity index (χ0) is 13.3. The first kappa shape index (κ1) is 12.3. The first-order valence-electron chi connectivity index (χ1n) is 5.48. The number of carbonyl (C=O) groups excluding carboxylic acids is 2. The largest absolute Gasteiger partial charge is 0.510 e. The molecule has 2 amide bonds. The Morgan fingerprint density at radius 1 is 1.39 bits per heavy atom. The minimum Gasteiger partial charge on any atom is -0.510 e. The average molecular weight is 249 g/mol. The zero-order valence-electron chi connectivity index (χ0n) is 9.76. The Morgan fingerprint density at radius 2 is 2.00 bits per heavy atom. The van der Waals surface area contributed by atoms with Gasteiger partial charge in [-0.3, -0.25) is 14.5 Å². The second-order valence-corrected chi connectivity index (χ2v) is 4.14. The van der Waals surface area contributed by atoms with Crippen molar-refractivity contribution in [2.75, 3.05) is 0 Å². The fraction of sp³-hybridized carbons (Fsp3) is 0.231. The summed E-state index contributed by atoms with van der Waals surface area (Å²) in [4.78, 5) is 23.8. The van der Waals surface area contributed by atoms with E-state index in [1.807, 2.05) is 0 Å². The number of imide groups is 1. The van der Waals surface area contributed by atoms with Crippen LogP contribution in [0.15, 0.2) is 36.1 Å². The summed E-state index contributed by atoms with van der Waals surface area (Å²) in [6.07, 6.45) is 1.31. The fourth-order valence-corrected chi connectivity index (χ4v) is 1.99. The molecule has 0 fully saturated rings. The van der Waals surface area contributed by atoms with Gasteiger partial charge in [-0.15, -0.1) is 0 Å². The molecule has 94 valence electrons. The molecule has 0 bridgehead atoms. The Labute approximate surface area is 103 Å². The van der Waals surface area contributed by atoms with E-state index in [2.05, 4.69) is 0 Å². The Hall–Kier alpha value is -2.17. The van der Waals surface area contributed by atoms with Crippen LogP contribution in [0.25, 0.3) is 0 Å². The topological polar surface area (TPSA) is 57.6 Å². The van der Waals surface area contributed by atoms with Crippen molar-refractivity contribution < 1.29 is 19.1 Å². The molecule has 0 saturated heterocycles. The van der Waals surface area contributed by atoms with Gasteiger partial charge in [0.05, 0.1) is 0 Å². The number of amides is 2. The van der Waals surface area contributed by atoms with Gasteiger partial charge in [0.15, 0.2) is 0 Å². The third kappa shape index (κ3) is 2.25. The summed E-state index contributed by atoms with van der Waals surface area (Å²) in [6.45, 7) is 1.27. The molecule has 1 aliphatic heterocycles. The lowest BCUT2D eigenvalue weighted by atomic mass is 10.0. The van der Waals surface area contributed by atoms with Crippen molar-refractivity contribution in [3.8, 4) is 0 Å². The lowest BCUT2D eigenvalue weighted by Crippen LogP contribution is -2.40. The summed E-state index contributed by atoms with van der Waals surface area (Å²) in [5, 5.41) is 9.67. The second-order valence-electron chi connectivity index (χ2n) is 4.14. The van der Waals surface area contributed by atoms with E-state index in [0.29, 0.717) is 0 Å². The van der Waals surface area contributed by atoms with Gasteiger partial charge in [0.2, 0.25) is 5.91 Å². The van der Waals surface area contributed by atoms with Gasteiger partial charge in [0.25, 0.3) is 5.91 Å². The van der Waals surface area contributed by atoms with E-state index in [9.17, 15) is 19.1 Å². The van der Waals surface area contributed by atoms with Crippen molar-refractivity contribution in [2.24, 2.45) is 0 Å². The van der Waals surface area contributed by atoms with E-state index >= 15 is 0 Å². The minimum atomic E-state index is -0.694. The lowest BCUT2D eigenvalue weighted by molar-refractivity contribution is -0.141. The maximum absolute atomic E-state index is 12.8. The van der Waals surface area contributed by atoms with E-state index in [1.54, 1.807) is 12.1 Å². The highest BCUT2D eigenvalue weighted by Crippen LogP contribution is 2.21. The standard InChI is InChI=1S/C13H12FNO3/c1-8(16)15-11(12(17)7-13(15)18)6-9-2-4-10(14)5-3-9/h2-5,7,11,17H,6H2,1H3. The van der Waals surface area contributed by atoms with Crippen LogP contribution >= 0.6 is 0 Å². The second kappa shape index (κ2) is 4.60. The summed E-state index contributed by atoms with van der Waals surface area (Å²) in [7, 11) is 0. The molecular weight excluding hydrogens is 237 g/mol. The molecule has 2 rings (SSSR count). The van der Waals surface area contributed by atoms with E-state index in [4.69, 9.17) is 0 Å². The molecule has 5 heteroatoms. The number of halogens is 1. The van der Waals surface area contributed by atoms with Crippen LogP contribution < -0.4 is 0 Å². The zero-order valence-corrected chi connectivity index (χ0v) is 9.76. The van der Waals surface area contributed by atoms with Crippen molar-refractivity contribution in [3.05, 3.63) is 47.5 Å². The Kier molecular flexibility index (Phi) is 3.14. The summed E-state index contributed by atoms with van der Waals surface area (Å²) in [6, 6.07) is 5.02. The number of aliphatic hydroxyl groups is 1. The lowest BCUT2D eigenvalue weighted by Gasteiger charge is -2.22. The fourth-order valence-electron chi connectivity index (χ4n) is 1.99. The van der Waals surface area contributed by atoms with Crippen LogP contribution in [0.2, 0.25) is 0 Å². The third-order valence-electron chi connectivity index (χ3n) is 2.84. The molecular formula is C13H12FNO3. The molecule has 1 aliphatic rings. The number of nitrogens with zero attached hydrogens (tertiary/aromatic N) is 1. The predicted octanol–water partition coefficient (Wildman–Crippen LogP) is 1.57. The van der Waals surface area contributed by atoms with Gasteiger partial charge in [-0.05, 0) is 17.7 Å². The maximum Gasteiger partial charge on any atom is 0.257 e. The van der Waals surface area contributed by atoms with Gasteiger partial charge in [0.1, 0.15) is 17.6 Å². The van der Waals surface area contributed by atoms with Crippen LogP contribution in [-0.2, 0) is 16.0 Å². The molecule has 1 unspecified atom stereocenters. The van der Waals surface area contributed by atoms with E-state index in [1.165, 1.54) is 19.1 Å². The maximum atomic E-state index is 12.8. The molecule has 1 aromatic rings. The summed E-state index contributed by atoms with van der Waals surface area (Å²) >= 11 is 0. The van der Waals surface area contributed by atoms with Crippen LogP contribution in [0, 0.1) is 5.82 Å². The summed E-state index contributed by atoms with van der Waals surface area (Å²) in [5.74, 6) is -1.44. The third-order valence-corrected chi connectivity index (χ3v) is 2.84. The van der Waals surface area contributed by atoms with Crippen LogP contribution in [0.5, 0.6) is 0 Å². The molecule has 4 nitrogen and oxygen atoms in total. The van der Waals surface area contributed by atoms with Gasteiger partial charge < -0.3 is 5.11 Å².